The van der Waals surface area contributed by atoms with E-state index in [1.165, 1.54) is 0 Å². The first kappa shape index (κ1) is 20.5. The summed E-state index contributed by atoms with van der Waals surface area (Å²) in [5.41, 5.74) is 6.07. The van der Waals surface area contributed by atoms with E-state index in [0.717, 1.165) is 26.9 Å². The number of nitrogens with one attached hydrogen (secondary N) is 1. The Labute approximate surface area is 167 Å². The number of halogens is 2. The maximum Gasteiger partial charge on any atom is 0.277 e. The first-order valence-electron chi connectivity index (χ1n) is 8.30. The third-order valence-corrected chi connectivity index (χ3v) is 4.82. The van der Waals surface area contributed by atoms with E-state index in [4.69, 9.17) is 16.3 Å². The van der Waals surface area contributed by atoms with Crippen LogP contribution in [0.2, 0.25) is 5.02 Å². The fraction of sp³-hybridized carbons (Fsp3) is 0.300. The molecule has 2 rings (SSSR count). The number of amides is 1. The molecule has 0 aromatic heterocycles. The third-order valence-electron chi connectivity index (χ3n) is 3.88. The normalized spacial score (nSPS) is 11.6. The molecule has 0 aliphatic rings. The highest BCUT2D eigenvalue weighted by molar-refractivity contribution is 9.10. The Hall–Kier alpha value is -1.85. The summed E-state index contributed by atoms with van der Waals surface area (Å²) in [6.45, 7) is 7.74. The maximum atomic E-state index is 12.1. The number of nitrogens with zero attached hydrogens (tertiary/aromatic N) is 1. The van der Waals surface area contributed by atoms with Crippen molar-refractivity contribution in [2.75, 3.05) is 6.61 Å². The number of aryl methyl sites for hydroxylation is 1. The van der Waals surface area contributed by atoms with Crippen molar-refractivity contribution in [2.24, 2.45) is 5.10 Å². The number of carbonyl (C=O) groups excluding carboxylic acids is 1. The topological polar surface area (TPSA) is 50.7 Å². The highest BCUT2D eigenvalue weighted by Gasteiger charge is 2.12. The van der Waals surface area contributed by atoms with Crippen LogP contribution in [0.25, 0.3) is 0 Å². The monoisotopic (exact) mass is 436 g/mol. The first-order valence-corrected chi connectivity index (χ1v) is 9.47. The van der Waals surface area contributed by atoms with Gasteiger partial charge in [0.2, 0.25) is 0 Å². The van der Waals surface area contributed by atoms with E-state index in [0.29, 0.717) is 10.8 Å². The lowest BCUT2D eigenvalue weighted by Gasteiger charge is -2.15. The minimum absolute atomic E-state index is 0.113. The molecule has 0 bridgehead atoms. The zero-order valence-electron chi connectivity index (χ0n) is 15.3. The summed E-state index contributed by atoms with van der Waals surface area (Å²) >= 11 is 9.58. The SMILES string of the molecule is C/C(=N\NC(=O)COc1cc(C)c(Cl)cc1C(C)C)c1ccc(Br)cc1. The van der Waals surface area contributed by atoms with Crippen LogP contribution in [-0.4, -0.2) is 18.2 Å². The quantitative estimate of drug-likeness (QED) is 0.482. The lowest BCUT2D eigenvalue weighted by atomic mass is 10.0. The first-order chi connectivity index (χ1) is 12.3. The van der Waals surface area contributed by atoms with Gasteiger partial charge in [-0.25, -0.2) is 5.43 Å². The summed E-state index contributed by atoms with van der Waals surface area (Å²) < 4.78 is 6.70. The van der Waals surface area contributed by atoms with Crippen molar-refractivity contribution in [3.8, 4) is 5.75 Å². The van der Waals surface area contributed by atoms with Gasteiger partial charge in [0.05, 0.1) is 5.71 Å². The zero-order valence-corrected chi connectivity index (χ0v) is 17.6. The molecule has 2 aromatic carbocycles. The molecule has 138 valence electrons. The van der Waals surface area contributed by atoms with Crippen LogP contribution in [-0.2, 0) is 4.79 Å². The minimum Gasteiger partial charge on any atom is -0.483 e. The molecule has 0 saturated heterocycles. The second-order valence-electron chi connectivity index (χ2n) is 6.32. The van der Waals surface area contributed by atoms with Gasteiger partial charge in [-0.15, -0.1) is 0 Å². The number of rotatable bonds is 6. The summed E-state index contributed by atoms with van der Waals surface area (Å²) in [5, 5.41) is 4.82. The fourth-order valence-electron chi connectivity index (χ4n) is 2.32. The lowest BCUT2D eigenvalue weighted by Crippen LogP contribution is -2.26. The number of ether oxygens (including phenoxy) is 1. The van der Waals surface area contributed by atoms with E-state index in [2.05, 4.69) is 40.3 Å². The fourth-order valence-corrected chi connectivity index (χ4v) is 2.76. The van der Waals surface area contributed by atoms with Crippen LogP contribution in [0.1, 0.15) is 43.4 Å². The third kappa shape index (κ3) is 5.58. The van der Waals surface area contributed by atoms with Crippen LogP contribution in [0.5, 0.6) is 5.75 Å². The molecular weight excluding hydrogens is 416 g/mol. The van der Waals surface area contributed by atoms with Crippen molar-refractivity contribution >= 4 is 39.1 Å². The van der Waals surface area contributed by atoms with Crippen molar-refractivity contribution < 1.29 is 9.53 Å². The molecule has 0 saturated carbocycles. The molecule has 4 nitrogen and oxygen atoms in total. The molecule has 1 amide bonds. The van der Waals surface area contributed by atoms with E-state index in [1.807, 2.05) is 50.2 Å². The van der Waals surface area contributed by atoms with Gasteiger partial charge in [0.1, 0.15) is 5.75 Å². The second kappa shape index (κ2) is 9.19. The number of hydrogen-bond donors (Lipinski definition) is 1. The highest BCUT2D eigenvalue weighted by Crippen LogP contribution is 2.31. The Morgan fingerprint density at radius 2 is 1.92 bits per heavy atom. The molecule has 0 atom stereocenters. The van der Waals surface area contributed by atoms with Crippen molar-refractivity contribution in [3.05, 3.63) is 62.6 Å². The van der Waals surface area contributed by atoms with Crippen LogP contribution >= 0.6 is 27.5 Å². The Kier molecular flexibility index (Phi) is 7.23. The molecule has 0 spiro atoms. The van der Waals surface area contributed by atoms with Crippen LogP contribution in [0, 0.1) is 6.92 Å². The van der Waals surface area contributed by atoms with Gasteiger partial charge in [-0.2, -0.15) is 5.10 Å². The van der Waals surface area contributed by atoms with Crippen molar-refractivity contribution in [2.45, 2.75) is 33.6 Å². The van der Waals surface area contributed by atoms with Gasteiger partial charge in [0.15, 0.2) is 6.61 Å². The molecule has 26 heavy (non-hydrogen) atoms. The standard InChI is InChI=1S/C20H22BrClN2O2/c1-12(2)17-10-18(22)13(3)9-19(17)26-11-20(25)24-23-14(4)15-5-7-16(21)8-6-15/h5-10,12H,11H2,1-4H3,(H,24,25)/b23-14+. The van der Waals surface area contributed by atoms with Crippen LogP contribution in [0.15, 0.2) is 46.0 Å². The van der Waals surface area contributed by atoms with Crippen molar-refractivity contribution in [1.82, 2.24) is 5.43 Å². The maximum absolute atomic E-state index is 12.1. The van der Waals surface area contributed by atoms with Crippen LogP contribution < -0.4 is 10.2 Å². The van der Waals surface area contributed by atoms with Crippen molar-refractivity contribution in [1.29, 1.82) is 0 Å². The molecule has 0 aliphatic heterocycles. The molecule has 2 aromatic rings. The summed E-state index contributed by atoms with van der Waals surface area (Å²) in [7, 11) is 0. The Balaban J connectivity index is 2.00. The van der Waals surface area contributed by atoms with Crippen molar-refractivity contribution in [3.63, 3.8) is 0 Å². The largest absolute Gasteiger partial charge is 0.483 e. The number of carbonyl (C=O) groups is 1. The summed E-state index contributed by atoms with van der Waals surface area (Å²) in [6.07, 6.45) is 0. The van der Waals surface area contributed by atoms with Gasteiger partial charge in [0, 0.05) is 9.50 Å². The minimum atomic E-state index is -0.316. The molecule has 0 fully saturated rings. The van der Waals surface area contributed by atoms with Gasteiger partial charge in [-0.3, -0.25) is 4.79 Å². The van der Waals surface area contributed by atoms with Gasteiger partial charge in [-0.05, 0) is 60.7 Å². The number of benzene rings is 2. The smallest absolute Gasteiger partial charge is 0.277 e. The summed E-state index contributed by atoms with van der Waals surface area (Å²) in [6, 6.07) is 11.5. The van der Waals surface area contributed by atoms with Gasteiger partial charge in [0.25, 0.3) is 5.91 Å². The Morgan fingerprint density at radius 3 is 2.54 bits per heavy atom. The van der Waals surface area contributed by atoms with E-state index in [1.54, 1.807) is 0 Å². The molecule has 0 unspecified atom stereocenters. The van der Waals surface area contributed by atoms with E-state index in [9.17, 15) is 4.79 Å². The molecule has 0 aliphatic carbocycles. The summed E-state index contributed by atoms with van der Waals surface area (Å²) in [5.74, 6) is 0.596. The van der Waals surface area contributed by atoms with Crippen LogP contribution in [0.3, 0.4) is 0 Å². The van der Waals surface area contributed by atoms with E-state index >= 15 is 0 Å². The Morgan fingerprint density at radius 1 is 1.27 bits per heavy atom. The number of hydrogen-bond acceptors (Lipinski definition) is 3. The van der Waals surface area contributed by atoms with Crippen LogP contribution in [0.4, 0.5) is 0 Å². The molecule has 0 radical (unpaired) electrons. The average Bonchev–Trinajstić information content (AvgIpc) is 2.60. The molecule has 6 heteroatoms. The van der Waals surface area contributed by atoms with Gasteiger partial charge >= 0.3 is 0 Å². The predicted molar refractivity (Wildman–Crippen MR) is 110 cm³/mol. The zero-order chi connectivity index (χ0) is 19.3. The highest BCUT2D eigenvalue weighted by atomic mass is 79.9. The molecule has 1 N–H and O–H groups in total. The van der Waals surface area contributed by atoms with Gasteiger partial charge in [-0.1, -0.05) is 53.5 Å². The predicted octanol–water partition coefficient (Wildman–Crippen LogP) is 5.45. The van der Waals surface area contributed by atoms with E-state index < -0.39 is 0 Å². The summed E-state index contributed by atoms with van der Waals surface area (Å²) in [4.78, 5) is 12.1. The van der Waals surface area contributed by atoms with E-state index in [-0.39, 0.29) is 18.4 Å². The molecular formula is C20H22BrClN2O2. The van der Waals surface area contributed by atoms with Gasteiger partial charge < -0.3 is 4.74 Å². The number of hydrazone groups is 1. The molecule has 0 heterocycles. The average molecular weight is 438 g/mol. The lowest BCUT2D eigenvalue weighted by molar-refractivity contribution is -0.123. The Bertz CT molecular complexity index is 817. The second-order valence-corrected chi connectivity index (χ2v) is 7.64.